The Balaban J connectivity index is 1.65. The zero-order valence-corrected chi connectivity index (χ0v) is 17.1. The lowest BCUT2D eigenvalue weighted by Crippen LogP contribution is -2.44. The molecule has 156 valence electrons. The van der Waals surface area contributed by atoms with Crippen molar-refractivity contribution in [2.24, 2.45) is 5.92 Å². The van der Waals surface area contributed by atoms with Gasteiger partial charge >= 0.3 is 0 Å². The van der Waals surface area contributed by atoms with Crippen molar-refractivity contribution in [3.05, 3.63) is 33.7 Å². The molecule has 1 aromatic rings. The predicted octanol–water partition coefficient (Wildman–Crippen LogP) is 1.66. The first kappa shape index (κ1) is 21.0. The number of aromatic amines is 1. The normalized spacial score (nSPS) is 21.1. The molecule has 0 aromatic carbocycles. The van der Waals surface area contributed by atoms with Gasteiger partial charge in [0.15, 0.2) is 0 Å². The molecule has 1 atom stereocenters. The van der Waals surface area contributed by atoms with Gasteiger partial charge in [-0.15, -0.1) is 0 Å². The molecule has 0 aliphatic carbocycles. The number of hydrogen-bond acceptors (Lipinski definition) is 5. The van der Waals surface area contributed by atoms with Gasteiger partial charge in [-0.05, 0) is 57.7 Å². The van der Waals surface area contributed by atoms with Crippen LogP contribution >= 0.6 is 0 Å². The third-order valence-electron chi connectivity index (χ3n) is 5.76. The average molecular weight is 392 g/mol. The second-order valence-corrected chi connectivity index (χ2v) is 8.04. The number of pyridine rings is 1. The Labute approximate surface area is 167 Å². The Kier molecular flexibility index (Phi) is 7.65. The molecule has 28 heavy (non-hydrogen) atoms. The Morgan fingerprint density at radius 2 is 2.07 bits per heavy atom. The van der Waals surface area contributed by atoms with Crippen LogP contribution in [-0.2, 0) is 9.47 Å². The van der Waals surface area contributed by atoms with Crippen molar-refractivity contribution in [3.8, 4) is 0 Å². The maximum atomic E-state index is 13.2. The van der Waals surface area contributed by atoms with Crippen molar-refractivity contribution in [1.82, 2.24) is 14.8 Å². The molecule has 2 saturated heterocycles. The van der Waals surface area contributed by atoms with Gasteiger partial charge in [0, 0.05) is 50.7 Å². The number of nitrogens with zero attached hydrogens (tertiary/aromatic N) is 2. The van der Waals surface area contributed by atoms with Crippen LogP contribution in [0.1, 0.15) is 41.7 Å². The van der Waals surface area contributed by atoms with E-state index in [0.29, 0.717) is 23.7 Å². The number of ether oxygens (including phenoxy) is 2. The first-order chi connectivity index (χ1) is 13.5. The molecule has 0 spiro atoms. The molecule has 1 N–H and O–H groups in total. The second kappa shape index (κ2) is 10.2. The van der Waals surface area contributed by atoms with Crippen LogP contribution in [0.4, 0.5) is 0 Å². The molecule has 3 rings (SSSR count). The van der Waals surface area contributed by atoms with Crippen molar-refractivity contribution >= 4 is 5.91 Å². The van der Waals surface area contributed by atoms with E-state index in [2.05, 4.69) is 9.88 Å². The minimum Gasteiger partial charge on any atom is -0.383 e. The van der Waals surface area contributed by atoms with E-state index < -0.39 is 0 Å². The molecule has 2 aliphatic heterocycles. The van der Waals surface area contributed by atoms with Crippen LogP contribution in [0.15, 0.2) is 16.9 Å². The Morgan fingerprint density at radius 3 is 2.71 bits per heavy atom. The Bertz CT molecular complexity index is 691. The van der Waals surface area contributed by atoms with Crippen LogP contribution < -0.4 is 5.56 Å². The number of rotatable bonds is 8. The standard InChI is InChI=1S/C21H33N3O4/c1-16-12-18(13-20(25)22-16)21(26)24(15-19-4-3-10-28-19)14-17-5-7-23(8-6-17)9-11-27-2/h12-13,17,19H,3-11,14-15H2,1-2H3,(H,22,25)/t19-/m1/s1. The second-order valence-electron chi connectivity index (χ2n) is 8.04. The topological polar surface area (TPSA) is 74.9 Å². The molecule has 0 radical (unpaired) electrons. The lowest BCUT2D eigenvalue weighted by molar-refractivity contribution is 0.0436. The molecule has 1 amide bonds. The monoisotopic (exact) mass is 391 g/mol. The summed E-state index contributed by atoms with van der Waals surface area (Å²) in [5.74, 6) is 0.416. The SMILES string of the molecule is COCCN1CCC(CN(C[C@H]2CCCO2)C(=O)c2cc(C)[nH]c(=O)c2)CC1. The number of nitrogens with one attached hydrogen (secondary N) is 1. The average Bonchev–Trinajstić information content (AvgIpc) is 3.18. The third-order valence-corrected chi connectivity index (χ3v) is 5.76. The van der Waals surface area contributed by atoms with Gasteiger partial charge < -0.3 is 24.3 Å². The molecular weight excluding hydrogens is 358 g/mol. The van der Waals surface area contributed by atoms with Crippen LogP contribution in [0.25, 0.3) is 0 Å². The van der Waals surface area contributed by atoms with Crippen LogP contribution in [0.3, 0.4) is 0 Å². The summed E-state index contributed by atoms with van der Waals surface area (Å²) in [6.07, 6.45) is 4.30. The fourth-order valence-corrected chi connectivity index (χ4v) is 4.19. The van der Waals surface area contributed by atoms with Gasteiger partial charge in [0.1, 0.15) is 0 Å². The van der Waals surface area contributed by atoms with Gasteiger partial charge in [0.05, 0.1) is 12.7 Å². The first-order valence-corrected chi connectivity index (χ1v) is 10.4. The van der Waals surface area contributed by atoms with Gasteiger partial charge in [0.2, 0.25) is 5.56 Å². The van der Waals surface area contributed by atoms with Gasteiger partial charge in [-0.25, -0.2) is 0 Å². The van der Waals surface area contributed by atoms with Crippen LogP contribution in [0.5, 0.6) is 0 Å². The lowest BCUT2D eigenvalue weighted by atomic mass is 9.95. The fourth-order valence-electron chi connectivity index (χ4n) is 4.19. The summed E-state index contributed by atoms with van der Waals surface area (Å²) in [6, 6.07) is 3.17. The lowest BCUT2D eigenvalue weighted by Gasteiger charge is -2.35. The number of amides is 1. The fraction of sp³-hybridized carbons (Fsp3) is 0.714. The van der Waals surface area contributed by atoms with Crippen molar-refractivity contribution < 1.29 is 14.3 Å². The van der Waals surface area contributed by atoms with Gasteiger partial charge in [0.25, 0.3) is 5.91 Å². The molecule has 2 aliphatic rings. The third kappa shape index (κ3) is 5.90. The molecular formula is C21H33N3O4. The van der Waals surface area contributed by atoms with Gasteiger partial charge in [-0.1, -0.05) is 0 Å². The minimum absolute atomic E-state index is 0.0634. The predicted molar refractivity (Wildman–Crippen MR) is 108 cm³/mol. The summed E-state index contributed by atoms with van der Waals surface area (Å²) < 4.78 is 11.0. The summed E-state index contributed by atoms with van der Waals surface area (Å²) in [6.45, 7) is 7.72. The van der Waals surface area contributed by atoms with E-state index in [1.54, 1.807) is 20.1 Å². The number of carbonyl (C=O) groups excluding carboxylic acids is 1. The highest BCUT2D eigenvalue weighted by atomic mass is 16.5. The number of aromatic nitrogens is 1. The zero-order chi connectivity index (χ0) is 19.9. The van der Waals surface area contributed by atoms with Crippen molar-refractivity contribution in [1.29, 1.82) is 0 Å². The van der Waals surface area contributed by atoms with E-state index in [1.807, 2.05) is 4.90 Å². The van der Waals surface area contributed by atoms with E-state index in [1.165, 1.54) is 6.07 Å². The smallest absolute Gasteiger partial charge is 0.254 e. The molecule has 2 fully saturated rings. The minimum atomic E-state index is -0.230. The number of H-pyrrole nitrogens is 1. The zero-order valence-electron chi connectivity index (χ0n) is 17.1. The van der Waals surface area contributed by atoms with Crippen LogP contribution in [-0.4, -0.2) is 79.8 Å². The summed E-state index contributed by atoms with van der Waals surface area (Å²) in [5, 5.41) is 0. The summed E-state index contributed by atoms with van der Waals surface area (Å²) in [4.78, 5) is 32.1. The number of piperidine rings is 1. The van der Waals surface area contributed by atoms with E-state index in [9.17, 15) is 9.59 Å². The highest BCUT2D eigenvalue weighted by Gasteiger charge is 2.28. The summed E-state index contributed by atoms with van der Waals surface area (Å²) in [5.41, 5.74) is 0.947. The molecule has 1 aromatic heterocycles. The number of likely N-dealkylation sites (tertiary alicyclic amines) is 1. The van der Waals surface area contributed by atoms with Crippen molar-refractivity contribution in [3.63, 3.8) is 0 Å². The molecule has 0 bridgehead atoms. The number of aryl methyl sites for hydroxylation is 1. The number of carbonyl (C=O) groups is 1. The number of methoxy groups -OCH3 is 1. The van der Waals surface area contributed by atoms with E-state index in [0.717, 1.165) is 65.1 Å². The van der Waals surface area contributed by atoms with E-state index in [-0.39, 0.29) is 17.6 Å². The van der Waals surface area contributed by atoms with E-state index in [4.69, 9.17) is 9.47 Å². The van der Waals surface area contributed by atoms with E-state index >= 15 is 0 Å². The molecule has 0 unspecified atom stereocenters. The van der Waals surface area contributed by atoms with Crippen LogP contribution in [0.2, 0.25) is 0 Å². The molecule has 3 heterocycles. The maximum absolute atomic E-state index is 13.2. The van der Waals surface area contributed by atoms with Crippen molar-refractivity contribution in [2.45, 2.75) is 38.7 Å². The van der Waals surface area contributed by atoms with Gasteiger partial charge in [-0.2, -0.15) is 0 Å². The van der Waals surface area contributed by atoms with Gasteiger partial charge in [-0.3, -0.25) is 9.59 Å². The summed E-state index contributed by atoms with van der Waals surface area (Å²) >= 11 is 0. The summed E-state index contributed by atoms with van der Waals surface area (Å²) in [7, 11) is 1.73. The number of hydrogen-bond donors (Lipinski definition) is 1. The Morgan fingerprint density at radius 1 is 1.29 bits per heavy atom. The maximum Gasteiger partial charge on any atom is 0.254 e. The highest BCUT2D eigenvalue weighted by molar-refractivity contribution is 5.94. The largest absolute Gasteiger partial charge is 0.383 e. The molecule has 7 nitrogen and oxygen atoms in total. The van der Waals surface area contributed by atoms with Crippen LogP contribution in [0, 0.1) is 12.8 Å². The first-order valence-electron chi connectivity index (χ1n) is 10.4. The Hall–Kier alpha value is -1.70. The van der Waals surface area contributed by atoms with Crippen molar-refractivity contribution in [2.75, 3.05) is 53.0 Å². The highest BCUT2D eigenvalue weighted by Crippen LogP contribution is 2.21. The molecule has 0 saturated carbocycles. The molecule has 7 heteroatoms. The quantitative estimate of drug-likeness (QED) is 0.730.